The molecule has 0 aliphatic heterocycles. The summed E-state index contributed by atoms with van der Waals surface area (Å²) in [6.07, 6.45) is 3.00. The molecule has 0 aromatic carbocycles. The minimum absolute atomic E-state index is 0.682. The SMILES string of the molecule is CCc1csc(-c2c[nH]c(=S)[nH]2)c1. The predicted molar refractivity (Wildman–Crippen MR) is 58.7 cm³/mol. The van der Waals surface area contributed by atoms with Crippen LogP contribution in [0, 0.1) is 4.77 Å². The molecule has 0 atom stereocenters. The van der Waals surface area contributed by atoms with Crippen molar-refractivity contribution in [2.24, 2.45) is 0 Å². The van der Waals surface area contributed by atoms with Gasteiger partial charge in [-0.2, -0.15) is 0 Å². The highest BCUT2D eigenvalue weighted by Gasteiger charge is 2.01. The molecule has 13 heavy (non-hydrogen) atoms. The van der Waals surface area contributed by atoms with Crippen LogP contribution in [0.1, 0.15) is 12.5 Å². The third-order valence-corrected chi connectivity index (χ3v) is 3.16. The minimum atomic E-state index is 0.682. The van der Waals surface area contributed by atoms with E-state index in [1.54, 1.807) is 11.3 Å². The summed E-state index contributed by atoms with van der Waals surface area (Å²) in [7, 11) is 0. The third-order valence-electron chi connectivity index (χ3n) is 1.92. The van der Waals surface area contributed by atoms with E-state index in [0.29, 0.717) is 4.77 Å². The summed E-state index contributed by atoms with van der Waals surface area (Å²) in [4.78, 5) is 7.30. The molecule has 2 aromatic rings. The zero-order chi connectivity index (χ0) is 9.26. The monoisotopic (exact) mass is 210 g/mol. The summed E-state index contributed by atoms with van der Waals surface area (Å²) in [6.45, 7) is 2.16. The summed E-state index contributed by atoms with van der Waals surface area (Å²) in [5.41, 5.74) is 2.45. The van der Waals surface area contributed by atoms with Crippen LogP contribution in [0.4, 0.5) is 0 Å². The molecule has 2 heterocycles. The van der Waals surface area contributed by atoms with Gasteiger partial charge in [0.25, 0.3) is 0 Å². The fourth-order valence-corrected chi connectivity index (χ4v) is 2.31. The normalized spacial score (nSPS) is 10.5. The van der Waals surface area contributed by atoms with Gasteiger partial charge in [0.2, 0.25) is 0 Å². The van der Waals surface area contributed by atoms with Crippen LogP contribution in [0.5, 0.6) is 0 Å². The molecular weight excluding hydrogens is 200 g/mol. The summed E-state index contributed by atoms with van der Waals surface area (Å²) in [6, 6.07) is 2.19. The molecule has 0 unspecified atom stereocenters. The number of imidazole rings is 1. The van der Waals surface area contributed by atoms with Gasteiger partial charge in [-0.1, -0.05) is 6.92 Å². The number of aromatic nitrogens is 2. The minimum Gasteiger partial charge on any atom is -0.337 e. The molecule has 0 aliphatic rings. The van der Waals surface area contributed by atoms with E-state index in [9.17, 15) is 0 Å². The van der Waals surface area contributed by atoms with Crippen LogP contribution < -0.4 is 0 Å². The van der Waals surface area contributed by atoms with Crippen LogP contribution in [0.3, 0.4) is 0 Å². The lowest BCUT2D eigenvalue weighted by atomic mass is 10.2. The van der Waals surface area contributed by atoms with Crippen LogP contribution in [0.15, 0.2) is 17.6 Å². The average Bonchev–Trinajstić information content (AvgIpc) is 2.71. The van der Waals surface area contributed by atoms with Crippen molar-refractivity contribution in [3.05, 3.63) is 28.0 Å². The zero-order valence-electron chi connectivity index (χ0n) is 7.26. The van der Waals surface area contributed by atoms with Gasteiger partial charge >= 0.3 is 0 Å². The highest BCUT2D eigenvalue weighted by Crippen LogP contribution is 2.25. The van der Waals surface area contributed by atoms with E-state index >= 15 is 0 Å². The summed E-state index contributed by atoms with van der Waals surface area (Å²) in [5.74, 6) is 0. The number of hydrogen-bond donors (Lipinski definition) is 2. The lowest BCUT2D eigenvalue weighted by Gasteiger charge is -1.87. The molecule has 0 aliphatic carbocycles. The number of nitrogens with one attached hydrogen (secondary N) is 2. The first-order valence-electron chi connectivity index (χ1n) is 4.15. The molecule has 68 valence electrons. The van der Waals surface area contributed by atoms with E-state index in [-0.39, 0.29) is 0 Å². The van der Waals surface area contributed by atoms with Crippen LogP contribution in [0.25, 0.3) is 10.6 Å². The average molecular weight is 210 g/mol. The molecular formula is C9H10N2S2. The van der Waals surface area contributed by atoms with Gasteiger partial charge in [0.1, 0.15) is 0 Å². The molecule has 2 N–H and O–H groups in total. The van der Waals surface area contributed by atoms with Gasteiger partial charge in [-0.05, 0) is 35.6 Å². The van der Waals surface area contributed by atoms with E-state index in [0.717, 1.165) is 12.1 Å². The number of aryl methyl sites for hydroxylation is 1. The van der Waals surface area contributed by atoms with Crippen LogP contribution in [-0.2, 0) is 6.42 Å². The lowest BCUT2D eigenvalue weighted by Crippen LogP contribution is -1.71. The standard InChI is InChI=1S/C9H10N2S2/c1-2-6-3-8(13-5-6)7-4-10-9(12)11-7/h3-5H,2H2,1H3,(H2,10,11,12). The van der Waals surface area contributed by atoms with Gasteiger partial charge in [0.05, 0.1) is 10.6 Å². The zero-order valence-corrected chi connectivity index (χ0v) is 8.89. The van der Waals surface area contributed by atoms with E-state index in [1.807, 2.05) is 6.20 Å². The Balaban J connectivity index is 2.40. The van der Waals surface area contributed by atoms with E-state index in [1.165, 1.54) is 10.4 Å². The van der Waals surface area contributed by atoms with E-state index in [4.69, 9.17) is 12.2 Å². The maximum atomic E-state index is 4.96. The molecule has 2 rings (SSSR count). The molecule has 0 bridgehead atoms. The molecule has 0 amide bonds. The number of rotatable bonds is 2. The quantitative estimate of drug-likeness (QED) is 0.732. The second kappa shape index (κ2) is 3.47. The number of aromatic amines is 2. The van der Waals surface area contributed by atoms with Crippen molar-refractivity contribution in [3.63, 3.8) is 0 Å². The maximum absolute atomic E-state index is 4.96. The van der Waals surface area contributed by atoms with Gasteiger partial charge in [-0.15, -0.1) is 11.3 Å². The van der Waals surface area contributed by atoms with Crippen molar-refractivity contribution in [2.75, 3.05) is 0 Å². The first-order chi connectivity index (χ1) is 6.29. The summed E-state index contributed by atoms with van der Waals surface area (Å²) < 4.78 is 0.682. The van der Waals surface area contributed by atoms with Gasteiger partial charge in [-0.3, -0.25) is 0 Å². The first kappa shape index (κ1) is 8.72. The molecule has 2 aromatic heterocycles. The third kappa shape index (κ3) is 1.73. The largest absolute Gasteiger partial charge is 0.337 e. The number of H-pyrrole nitrogens is 2. The maximum Gasteiger partial charge on any atom is 0.174 e. The van der Waals surface area contributed by atoms with Gasteiger partial charge < -0.3 is 9.97 Å². The lowest BCUT2D eigenvalue weighted by molar-refractivity contribution is 1.16. The second-order valence-electron chi connectivity index (χ2n) is 2.83. The topological polar surface area (TPSA) is 31.6 Å². The Kier molecular flexibility index (Phi) is 2.33. The van der Waals surface area contributed by atoms with E-state index in [2.05, 4.69) is 28.3 Å². The Hall–Kier alpha value is -0.870. The molecule has 0 spiro atoms. The fourth-order valence-electron chi connectivity index (χ4n) is 1.17. The van der Waals surface area contributed by atoms with Gasteiger partial charge in [0.15, 0.2) is 4.77 Å². The fraction of sp³-hybridized carbons (Fsp3) is 0.222. The Morgan fingerprint density at radius 3 is 2.92 bits per heavy atom. The van der Waals surface area contributed by atoms with Crippen LogP contribution >= 0.6 is 23.6 Å². The molecule has 0 saturated carbocycles. The Bertz CT molecular complexity index is 450. The number of hydrogen-bond acceptors (Lipinski definition) is 2. The molecule has 4 heteroatoms. The smallest absolute Gasteiger partial charge is 0.174 e. The van der Waals surface area contributed by atoms with Gasteiger partial charge in [-0.25, -0.2) is 0 Å². The second-order valence-corrected chi connectivity index (χ2v) is 4.15. The Morgan fingerprint density at radius 1 is 1.54 bits per heavy atom. The summed E-state index contributed by atoms with van der Waals surface area (Å²) >= 11 is 6.70. The van der Waals surface area contributed by atoms with Crippen molar-refractivity contribution >= 4 is 23.6 Å². The Labute approximate surface area is 85.6 Å². The van der Waals surface area contributed by atoms with Crippen molar-refractivity contribution in [1.29, 1.82) is 0 Å². The molecule has 2 nitrogen and oxygen atoms in total. The van der Waals surface area contributed by atoms with Crippen LogP contribution in [0.2, 0.25) is 0 Å². The first-order valence-corrected chi connectivity index (χ1v) is 5.44. The van der Waals surface area contributed by atoms with Crippen molar-refractivity contribution in [1.82, 2.24) is 9.97 Å². The predicted octanol–water partition coefficient (Wildman–Crippen LogP) is 3.36. The van der Waals surface area contributed by atoms with Gasteiger partial charge in [0, 0.05) is 6.20 Å². The molecule has 0 radical (unpaired) electrons. The highest BCUT2D eigenvalue weighted by atomic mass is 32.1. The van der Waals surface area contributed by atoms with Crippen LogP contribution in [-0.4, -0.2) is 9.97 Å². The van der Waals surface area contributed by atoms with Crippen molar-refractivity contribution in [3.8, 4) is 10.6 Å². The van der Waals surface area contributed by atoms with Crippen molar-refractivity contribution < 1.29 is 0 Å². The van der Waals surface area contributed by atoms with Crippen molar-refractivity contribution in [2.45, 2.75) is 13.3 Å². The highest BCUT2D eigenvalue weighted by molar-refractivity contribution is 7.71. The van der Waals surface area contributed by atoms with E-state index < -0.39 is 0 Å². The summed E-state index contributed by atoms with van der Waals surface area (Å²) in [5, 5.41) is 2.18. The Morgan fingerprint density at radius 2 is 2.38 bits per heavy atom. The number of thiophene rings is 1. The molecule has 0 fully saturated rings. The molecule has 0 saturated heterocycles.